The van der Waals surface area contributed by atoms with Crippen molar-refractivity contribution >= 4 is 15.9 Å². The van der Waals surface area contributed by atoms with Gasteiger partial charge in [-0.2, -0.15) is 0 Å². The molecule has 1 aromatic carbocycles. The minimum absolute atomic E-state index is 0.0353. The molecule has 0 saturated carbocycles. The van der Waals surface area contributed by atoms with Gasteiger partial charge in [-0.1, -0.05) is 22.0 Å². The summed E-state index contributed by atoms with van der Waals surface area (Å²) < 4.78 is 6.41. The second-order valence-corrected chi connectivity index (χ2v) is 4.26. The van der Waals surface area contributed by atoms with E-state index in [1.807, 2.05) is 6.07 Å². The summed E-state index contributed by atoms with van der Waals surface area (Å²) >= 11 is 3.45. The molecule has 2 atom stereocenters. The summed E-state index contributed by atoms with van der Waals surface area (Å²) in [4.78, 5) is 0. The standard InChI is InChI=1S/C10H12BrNO/c1-13-9-5-6-4-7(11)2-3-8(6)10(9)12/h2-4,9-10H,5,12H2,1H3/t9-,10+/m0/s1. The number of rotatable bonds is 1. The highest BCUT2D eigenvalue weighted by Gasteiger charge is 2.29. The Balaban J connectivity index is 2.38. The van der Waals surface area contributed by atoms with E-state index >= 15 is 0 Å². The van der Waals surface area contributed by atoms with E-state index in [1.165, 1.54) is 11.1 Å². The molecule has 70 valence electrons. The second kappa shape index (κ2) is 3.40. The summed E-state index contributed by atoms with van der Waals surface area (Å²) in [7, 11) is 1.71. The summed E-state index contributed by atoms with van der Waals surface area (Å²) in [5, 5.41) is 0. The average Bonchev–Trinajstić information content (AvgIpc) is 2.42. The Labute approximate surface area is 86.2 Å². The number of halogens is 1. The van der Waals surface area contributed by atoms with Crippen molar-refractivity contribution in [1.82, 2.24) is 0 Å². The molecular formula is C10H12BrNO. The molecule has 0 amide bonds. The maximum Gasteiger partial charge on any atom is 0.0804 e. The first-order valence-electron chi connectivity index (χ1n) is 4.29. The van der Waals surface area contributed by atoms with Crippen LogP contribution in [0.15, 0.2) is 22.7 Å². The molecular weight excluding hydrogens is 230 g/mol. The Morgan fingerprint density at radius 1 is 1.54 bits per heavy atom. The first-order valence-corrected chi connectivity index (χ1v) is 5.08. The molecule has 0 aromatic heterocycles. The molecule has 0 aliphatic heterocycles. The van der Waals surface area contributed by atoms with Crippen molar-refractivity contribution < 1.29 is 4.74 Å². The highest BCUT2D eigenvalue weighted by molar-refractivity contribution is 9.10. The van der Waals surface area contributed by atoms with Crippen molar-refractivity contribution in [2.45, 2.75) is 18.6 Å². The van der Waals surface area contributed by atoms with E-state index < -0.39 is 0 Å². The largest absolute Gasteiger partial charge is 0.379 e. The Morgan fingerprint density at radius 3 is 3.00 bits per heavy atom. The Kier molecular flexibility index (Phi) is 2.41. The third-order valence-corrected chi connectivity index (χ3v) is 3.08. The van der Waals surface area contributed by atoms with Gasteiger partial charge in [0.15, 0.2) is 0 Å². The Hall–Kier alpha value is -0.380. The fourth-order valence-electron chi connectivity index (χ4n) is 1.85. The van der Waals surface area contributed by atoms with Crippen LogP contribution in [0.4, 0.5) is 0 Å². The predicted octanol–water partition coefficient (Wildman–Crippen LogP) is 2.02. The lowest BCUT2D eigenvalue weighted by Crippen LogP contribution is -2.23. The molecule has 0 fully saturated rings. The first-order chi connectivity index (χ1) is 6.22. The van der Waals surface area contributed by atoms with Gasteiger partial charge >= 0.3 is 0 Å². The van der Waals surface area contributed by atoms with Gasteiger partial charge in [0.2, 0.25) is 0 Å². The van der Waals surface area contributed by atoms with Crippen LogP contribution in [-0.2, 0) is 11.2 Å². The number of ether oxygens (including phenoxy) is 1. The molecule has 13 heavy (non-hydrogen) atoms. The van der Waals surface area contributed by atoms with E-state index in [0.717, 1.165) is 10.9 Å². The second-order valence-electron chi connectivity index (χ2n) is 3.35. The lowest BCUT2D eigenvalue weighted by molar-refractivity contribution is 0.0907. The van der Waals surface area contributed by atoms with Gasteiger partial charge in [0.1, 0.15) is 0 Å². The van der Waals surface area contributed by atoms with E-state index in [1.54, 1.807) is 7.11 Å². The van der Waals surface area contributed by atoms with Crippen molar-refractivity contribution in [3.8, 4) is 0 Å². The molecule has 2 nitrogen and oxygen atoms in total. The Bertz CT molecular complexity index is 327. The molecule has 1 aliphatic carbocycles. The Morgan fingerprint density at radius 2 is 2.31 bits per heavy atom. The minimum atomic E-state index is 0.0353. The monoisotopic (exact) mass is 241 g/mol. The topological polar surface area (TPSA) is 35.2 Å². The van der Waals surface area contributed by atoms with Gasteiger partial charge < -0.3 is 10.5 Å². The summed E-state index contributed by atoms with van der Waals surface area (Å²) in [6.45, 7) is 0. The fourth-order valence-corrected chi connectivity index (χ4v) is 2.26. The van der Waals surface area contributed by atoms with Gasteiger partial charge in [-0.3, -0.25) is 0 Å². The fraction of sp³-hybridized carbons (Fsp3) is 0.400. The minimum Gasteiger partial charge on any atom is -0.379 e. The van der Waals surface area contributed by atoms with Crippen LogP contribution in [0, 0.1) is 0 Å². The number of fused-ring (bicyclic) bond motifs is 1. The number of hydrogen-bond donors (Lipinski definition) is 1. The lowest BCUT2D eigenvalue weighted by atomic mass is 10.1. The van der Waals surface area contributed by atoms with E-state index in [-0.39, 0.29) is 12.1 Å². The van der Waals surface area contributed by atoms with Crippen LogP contribution in [0.5, 0.6) is 0 Å². The summed E-state index contributed by atoms with van der Waals surface area (Å²) in [5.41, 5.74) is 8.53. The zero-order valence-corrected chi connectivity index (χ0v) is 9.04. The average molecular weight is 242 g/mol. The lowest BCUT2D eigenvalue weighted by Gasteiger charge is -2.13. The number of hydrogen-bond acceptors (Lipinski definition) is 2. The van der Waals surface area contributed by atoms with Gasteiger partial charge in [-0.15, -0.1) is 0 Å². The molecule has 1 aliphatic rings. The quantitative estimate of drug-likeness (QED) is 0.817. The maximum absolute atomic E-state index is 6.01. The van der Waals surface area contributed by atoms with Crippen LogP contribution in [0.1, 0.15) is 17.2 Å². The van der Waals surface area contributed by atoms with Crippen LogP contribution >= 0.6 is 15.9 Å². The summed E-state index contributed by atoms with van der Waals surface area (Å²) in [6, 6.07) is 6.25. The van der Waals surface area contributed by atoms with Crippen molar-refractivity contribution in [2.75, 3.05) is 7.11 Å². The van der Waals surface area contributed by atoms with Gasteiger partial charge in [0.05, 0.1) is 12.1 Å². The molecule has 2 N–H and O–H groups in total. The van der Waals surface area contributed by atoms with Crippen molar-refractivity contribution in [3.05, 3.63) is 33.8 Å². The molecule has 0 saturated heterocycles. The van der Waals surface area contributed by atoms with Crippen LogP contribution in [0.3, 0.4) is 0 Å². The van der Waals surface area contributed by atoms with Crippen molar-refractivity contribution in [2.24, 2.45) is 5.73 Å². The zero-order chi connectivity index (χ0) is 9.42. The normalized spacial score (nSPS) is 26.1. The molecule has 0 bridgehead atoms. The highest BCUT2D eigenvalue weighted by Crippen LogP contribution is 2.32. The molecule has 0 unspecified atom stereocenters. The van der Waals surface area contributed by atoms with E-state index in [4.69, 9.17) is 10.5 Å². The van der Waals surface area contributed by atoms with Crippen molar-refractivity contribution in [3.63, 3.8) is 0 Å². The SMILES string of the molecule is CO[C@H]1Cc2cc(Br)ccc2[C@H]1N. The highest BCUT2D eigenvalue weighted by atomic mass is 79.9. The van der Waals surface area contributed by atoms with Crippen molar-refractivity contribution in [1.29, 1.82) is 0 Å². The molecule has 0 radical (unpaired) electrons. The van der Waals surface area contributed by atoms with Crippen LogP contribution in [0.2, 0.25) is 0 Å². The first kappa shape index (κ1) is 9.19. The van der Waals surface area contributed by atoms with Gasteiger partial charge in [-0.05, 0) is 23.3 Å². The smallest absolute Gasteiger partial charge is 0.0804 e. The predicted molar refractivity (Wildman–Crippen MR) is 55.6 cm³/mol. The number of nitrogens with two attached hydrogens (primary N) is 1. The van der Waals surface area contributed by atoms with E-state index in [0.29, 0.717) is 0 Å². The molecule has 0 spiro atoms. The van der Waals surface area contributed by atoms with Crippen LogP contribution in [0.25, 0.3) is 0 Å². The van der Waals surface area contributed by atoms with E-state index in [9.17, 15) is 0 Å². The van der Waals surface area contributed by atoms with E-state index in [2.05, 4.69) is 28.1 Å². The maximum atomic E-state index is 6.01. The number of methoxy groups -OCH3 is 1. The zero-order valence-electron chi connectivity index (χ0n) is 7.46. The van der Waals surface area contributed by atoms with Crippen LogP contribution < -0.4 is 5.73 Å². The van der Waals surface area contributed by atoms with Gasteiger partial charge in [0, 0.05) is 18.0 Å². The third-order valence-electron chi connectivity index (χ3n) is 2.59. The molecule has 0 heterocycles. The number of benzene rings is 1. The molecule has 3 heteroatoms. The summed E-state index contributed by atoms with van der Waals surface area (Å²) in [6.07, 6.45) is 1.07. The van der Waals surface area contributed by atoms with Crippen LogP contribution in [-0.4, -0.2) is 13.2 Å². The molecule has 1 aromatic rings. The molecule has 2 rings (SSSR count). The van der Waals surface area contributed by atoms with Gasteiger partial charge in [0.25, 0.3) is 0 Å². The van der Waals surface area contributed by atoms with Gasteiger partial charge in [-0.25, -0.2) is 0 Å². The third kappa shape index (κ3) is 1.52. The summed E-state index contributed by atoms with van der Waals surface area (Å²) in [5.74, 6) is 0.